The van der Waals surface area contributed by atoms with Crippen LogP contribution < -0.4 is 0 Å². The molecule has 0 spiro atoms. The summed E-state index contributed by atoms with van der Waals surface area (Å²) in [5, 5.41) is 7.31. The number of carbonyl (C=O) groups is 3. The van der Waals surface area contributed by atoms with Crippen LogP contribution in [0, 0.1) is 0 Å². The fourth-order valence-corrected chi connectivity index (χ4v) is 1.96. The van der Waals surface area contributed by atoms with Crippen LogP contribution in [0.1, 0.15) is 10.4 Å². The van der Waals surface area contributed by atoms with E-state index in [0.29, 0.717) is 11.5 Å². The third-order valence-corrected chi connectivity index (χ3v) is 3.12. The smallest absolute Gasteiger partial charge is 0.416 e. The predicted molar refractivity (Wildman–Crippen MR) is 73.1 cm³/mol. The largest absolute Gasteiger partial charge is 0.452 e. The highest BCUT2D eigenvalue weighted by molar-refractivity contribution is 5.96. The number of hydrogen-bond donors (Lipinski definition) is 0. The van der Waals surface area contributed by atoms with Gasteiger partial charge in [-0.2, -0.15) is 0 Å². The minimum Gasteiger partial charge on any atom is -0.452 e. The molecule has 0 atom stereocenters. The monoisotopic (exact) mass is 317 g/mol. The molecule has 1 saturated heterocycles. The molecule has 0 N–H and O–H groups in total. The van der Waals surface area contributed by atoms with E-state index >= 15 is 0 Å². The summed E-state index contributed by atoms with van der Waals surface area (Å²) in [5.41, 5.74) is 0.903. The van der Waals surface area contributed by atoms with Gasteiger partial charge in [-0.25, -0.2) is 14.5 Å². The Bertz CT molecular complexity index is 725. The number of ether oxygens (including phenoxy) is 2. The Morgan fingerprint density at radius 2 is 2.04 bits per heavy atom. The van der Waals surface area contributed by atoms with Crippen molar-refractivity contribution in [1.82, 2.24) is 15.1 Å². The Morgan fingerprint density at radius 1 is 1.26 bits per heavy atom. The van der Waals surface area contributed by atoms with Gasteiger partial charge in [-0.05, 0) is 24.3 Å². The Labute approximate surface area is 129 Å². The van der Waals surface area contributed by atoms with Crippen LogP contribution in [0.5, 0.6) is 0 Å². The topological polar surface area (TPSA) is 112 Å². The Hall–Kier alpha value is -3.23. The molecular weight excluding hydrogens is 306 g/mol. The lowest BCUT2D eigenvalue weighted by molar-refractivity contribution is -0.131. The molecule has 1 aliphatic rings. The van der Waals surface area contributed by atoms with E-state index in [-0.39, 0.29) is 18.7 Å². The van der Waals surface area contributed by atoms with Crippen molar-refractivity contribution < 1.29 is 28.3 Å². The number of esters is 1. The molecule has 1 fully saturated rings. The van der Waals surface area contributed by atoms with Crippen molar-refractivity contribution in [3.05, 3.63) is 36.2 Å². The van der Waals surface area contributed by atoms with Crippen molar-refractivity contribution in [2.45, 2.75) is 0 Å². The number of rotatable bonds is 4. The average molecular weight is 317 g/mol. The van der Waals surface area contributed by atoms with Gasteiger partial charge in [0, 0.05) is 5.56 Å². The molecule has 0 saturated carbocycles. The van der Waals surface area contributed by atoms with Crippen molar-refractivity contribution >= 4 is 18.0 Å². The number of imide groups is 1. The van der Waals surface area contributed by atoms with E-state index in [0.717, 1.165) is 4.90 Å². The molecule has 1 aromatic heterocycles. The molecule has 1 aliphatic heterocycles. The highest BCUT2D eigenvalue weighted by Gasteiger charge is 2.29. The zero-order valence-electron chi connectivity index (χ0n) is 11.8. The molecule has 2 heterocycles. The number of hydrogen-bond acceptors (Lipinski definition) is 8. The van der Waals surface area contributed by atoms with Crippen LogP contribution >= 0.6 is 0 Å². The summed E-state index contributed by atoms with van der Waals surface area (Å²) in [7, 11) is 0. The summed E-state index contributed by atoms with van der Waals surface area (Å²) < 4.78 is 14.6. The van der Waals surface area contributed by atoms with Crippen molar-refractivity contribution in [1.29, 1.82) is 0 Å². The summed E-state index contributed by atoms with van der Waals surface area (Å²) in [6, 6.07) is 6.25. The first kappa shape index (κ1) is 14.7. The lowest BCUT2D eigenvalue weighted by Gasteiger charge is -2.10. The number of nitrogens with zero attached hydrogens (tertiary/aromatic N) is 3. The van der Waals surface area contributed by atoms with Crippen LogP contribution in [0.15, 0.2) is 35.1 Å². The quantitative estimate of drug-likeness (QED) is 0.764. The summed E-state index contributed by atoms with van der Waals surface area (Å²) in [4.78, 5) is 35.7. The molecular formula is C14H11N3O6. The molecule has 2 amide bonds. The van der Waals surface area contributed by atoms with E-state index in [1.165, 1.54) is 18.5 Å². The van der Waals surface area contributed by atoms with E-state index in [9.17, 15) is 14.4 Å². The number of aromatic nitrogens is 2. The minimum atomic E-state index is -0.727. The van der Waals surface area contributed by atoms with Crippen LogP contribution in [-0.4, -0.2) is 52.8 Å². The molecule has 118 valence electrons. The van der Waals surface area contributed by atoms with Crippen LogP contribution in [0.25, 0.3) is 11.5 Å². The summed E-state index contributed by atoms with van der Waals surface area (Å²) in [6.45, 7) is -0.219. The first-order valence-corrected chi connectivity index (χ1v) is 6.66. The molecule has 9 heteroatoms. The van der Waals surface area contributed by atoms with E-state index in [4.69, 9.17) is 9.15 Å². The van der Waals surface area contributed by atoms with E-state index < -0.39 is 24.6 Å². The summed E-state index contributed by atoms with van der Waals surface area (Å²) >= 11 is 0. The molecule has 0 bridgehead atoms. The standard InChI is InChI=1S/C14H11N3O6/c18-11(17-5-6-21-14(17)20)7-22-13(19)10-3-1-9(2-4-10)12-16-15-8-23-12/h1-4,8H,5-7H2. The zero-order valence-corrected chi connectivity index (χ0v) is 11.8. The van der Waals surface area contributed by atoms with Gasteiger partial charge in [0.1, 0.15) is 6.61 Å². The highest BCUT2D eigenvalue weighted by Crippen LogP contribution is 2.17. The minimum absolute atomic E-state index is 0.148. The first-order valence-electron chi connectivity index (χ1n) is 6.66. The van der Waals surface area contributed by atoms with Crippen LogP contribution in [-0.2, 0) is 14.3 Å². The summed E-state index contributed by atoms with van der Waals surface area (Å²) in [5.74, 6) is -0.973. The van der Waals surface area contributed by atoms with E-state index in [1.807, 2.05) is 0 Å². The normalized spacial score (nSPS) is 13.7. The van der Waals surface area contributed by atoms with Gasteiger partial charge in [0.05, 0.1) is 12.1 Å². The third kappa shape index (κ3) is 3.18. The van der Waals surface area contributed by atoms with Gasteiger partial charge in [-0.1, -0.05) is 0 Å². The second-order valence-corrected chi connectivity index (χ2v) is 4.56. The second-order valence-electron chi connectivity index (χ2n) is 4.56. The summed E-state index contributed by atoms with van der Waals surface area (Å²) in [6.07, 6.45) is 0.474. The van der Waals surface area contributed by atoms with Crippen molar-refractivity contribution in [2.24, 2.45) is 0 Å². The van der Waals surface area contributed by atoms with Gasteiger partial charge in [0.2, 0.25) is 12.3 Å². The van der Waals surface area contributed by atoms with Crippen molar-refractivity contribution in [3.63, 3.8) is 0 Å². The zero-order chi connectivity index (χ0) is 16.2. The first-order chi connectivity index (χ1) is 11.1. The third-order valence-electron chi connectivity index (χ3n) is 3.12. The van der Waals surface area contributed by atoms with Gasteiger partial charge in [-0.15, -0.1) is 10.2 Å². The van der Waals surface area contributed by atoms with Gasteiger partial charge in [0.15, 0.2) is 6.61 Å². The Kier molecular flexibility index (Phi) is 4.00. The van der Waals surface area contributed by atoms with Crippen LogP contribution in [0.2, 0.25) is 0 Å². The lowest BCUT2D eigenvalue weighted by atomic mass is 10.1. The predicted octanol–water partition coefficient (Wildman–Crippen LogP) is 0.872. The fraction of sp³-hybridized carbons (Fsp3) is 0.214. The molecule has 0 unspecified atom stereocenters. The molecule has 0 radical (unpaired) electrons. The molecule has 1 aromatic carbocycles. The number of cyclic esters (lactones) is 1. The number of benzene rings is 1. The molecule has 2 aromatic rings. The Morgan fingerprint density at radius 3 is 2.65 bits per heavy atom. The molecule has 0 aliphatic carbocycles. The highest BCUT2D eigenvalue weighted by atomic mass is 16.6. The average Bonchev–Trinajstić information content (AvgIpc) is 3.24. The molecule has 3 rings (SSSR count). The maximum atomic E-state index is 11.9. The van der Waals surface area contributed by atoms with Crippen LogP contribution in [0.3, 0.4) is 0 Å². The van der Waals surface area contributed by atoms with Gasteiger partial charge >= 0.3 is 12.1 Å². The van der Waals surface area contributed by atoms with Gasteiger partial charge in [-0.3, -0.25) is 4.79 Å². The second kappa shape index (κ2) is 6.26. The lowest BCUT2D eigenvalue weighted by Crippen LogP contribution is -2.35. The fourth-order valence-electron chi connectivity index (χ4n) is 1.96. The van der Waals surface area contributed by atoms with E-state index in [1.54, 1.807) is 12.1 Å². The molecule has 9 nitrogen and oxygen atoms in total. The number of amides is 2. The Balaban J connectivity index is 1.58. The van der Waals surface area contributed by atoms with Gasteiger partial charge in [0.25, 0.3) is 5.91 Å². The van der Waals surface area contributed by atoms with Crippen LogP contribution in [0.4, 0.5) is 4.79 Å². The maximum absolute atomic E-state index is 11.9. The number of carbonyl (C=O) groups excluding carboxylic acids is 3. The van der Waals surface area contributed by atoms with Crippen molar-refractivity contribution in [2.75, 3.05) is 19.8 Å². The maximum Gasteiger partial charge on any atom is 0.416 e. The van der Waals surface area contributed by atoms with Crippen molar-refractivity contribution in [3.8, 4) is 11.5 Å². The van der Waals surface area contributed by atoms with Gasteiger partial charge < -0.3 is 13.9 Å². The SMILES string of the molecule is O=C(OCC(=O)N1CCOC1=O)c1ccc(-c2nnco2)cc1. The van der Waals surface area contributed by atoms with E-state index in [2.05, 4.69) is 14.9 Å². The molecule has 23 heavy (non-hydrogen) atoms.